The van der Waals surface area contributed by atoms with Crippen LogP contribution in [-0.4, -0.2) is 17.6 Å². The van der Waals surface area contributed by atoms with Crippen LogP contribution in [0.4, 0.5) is 0 Å². The van der Waals surface area contributed by atoms with Crippen molar-refractivity contribution >= 4 is 28.9 Å². The number of hydrogen-bond donors (Lipinski definition) is 1. The number of fused-ring (bicyclic) bond motifs is 1. The van der Waals surface area contributed by atoms with E-state index in [1.807, 2.05) is 24.3 Å². The Labute approximate surface area is 124 Å². The van der Waals surface area contributed by atoms with Crippen molar-refractivity contribution in [3.63, 3.8) is 0 Å². The molecule has 0 heterocycles. The highest BCUT2D eigenvalue weighted by atomic mass is 35.5. The van der Waals surface area contributed by atoms with Gasteiger partial charge in [0, 0.05) is 18.4 Å². The molecule has 4 heteroatoms. The molecule has 1 aromatic carbocycles. The third kappa shape index (κ3) is 3.10. The summed E-state index contributed by atoms with van der Waals surface area (Å²) >= 11 is 5.68. The van der Waals surface area contributed by atoms with Crippen molar-refractivity contribution in [3.8, 4) is 0 Å². The number of unbranched alkanes of at least 4 members (excludes halogenated alkanes) is 2. The van der Waals surface area contributed by atoms with Gasteiger partial charge in [-0.2, -0.15) is 0 Å². The number of carbonyl (C=O) groups is 2. The molecule has 3 nitrogen and oxygen atoms in total. The zero-order valence-corrected chi connectivity index (χ0v) is 12.3. The minimum atomic E-state index is -0.209. The van der Waals surface area contributed by atoms with Crippen molar-refractivity contribution in [2.24, 2.45) is 0 Å². The summed E-state index contributed by atoms with van der Waals surface area (Å²) in [7, 11) is 0. The molecule has 1 amide bonds. The lowest BCUT2D eigenvalue weighted by molar-refractivity contribution is -0.118. The average molecular weight is 292 g/mol. The lowest BCUT2D eigenvalue weighted by Crippen LogP contribution is -2.23. The van der Waals surface area contributed by atoms with Crippen molar-refractivity contribution in [1.82, 2.24) is 5.32 Å². The Morgan fingerprint density at radius 1 is 1.15 bits per heavy atom. The summed E-state index contributed by atoms with van der Waals surface area (Å²) in [6.45, 7) is 1.42. The minimum Gasteiger partial charge on any atom is -0.323 e. The standard InChI is InChI=1S/C16H18ClNO2/c1-11(19)18-15-13(8-3-2-6-10-17)12-7-4-5-9-14(12)16(15)20/h4-5,7,9H,2-3,6,8,10H2,1H3,(H,18,19,20). The van der Waals surface area contributed by atoms with Crippen LogP contribution in [0, 0.1) is 0 Å². The van der Waals surface area contributed by atoms with E-state index in [0.29, 0.717) is 17.1 Å². The molecule has 0 saturated heterocycles. The molecule has 20 heavy (non-hydrogen) atoms. The van der Waals surface area contributed by atoms with Crippen LogP contribution in [0.25, 0.3) is 5.57 Å². The van der Waals surface area contributed by atoms with Crippen molar-refractivity contribution in [3.05, 3.63) is 41.1 Å². The second-order valence-corrected chi connectivity index (χ2v) is 5.29. The van der Waals surface area contributed by atoms with Crippen LogP contribution in [-0.2, 0) is 4.79 Å². The van der Waals surface area contributed by atoms with E-state index in [-0.39, 0.29) is 11.7 Å². The number of allylic oxidation sites excluding steroid dienone is 2. The Kier molecular flexibility index (Phi) is 4.96. The number of hydrogen-bond acceptors (Lipinski definition) is 2. The van der Waals surface area contributed by atoms with Gasteiger partial charge in [0.05, 0.1) is 5.70 Å². The minimum absolute atomic E-state index is 0.0804. The first-order chi connectivity index (χ1) is 9.65. The molecule has 0 unspecified atom stereocenters. The molecule has 0 saturated carbocycles. The first kappa shape index (κ1) is 14.8. The van der Waals surface area contributed by atoms with Gasteiger partial charge in [0.1, 0.15) is 0 Å². The molecule has 0 fully saturated rings. The molecule has 0 atom stereocenters. The summed E-state index contributed by atoms with van der Waals surface area (Å²) in [5.41, 5.74) is 3.04. The van der Waals surface area contributed by atoms with E-state index in [4.69, 9.17) is 11.6 Å². The Morgan fingerprint density at radius 2 is 1.85 bits per heavy atom. The summed E-state index contributed by atoms with van der Waals surface area (Å²) in [6, 6.07) is 7.52. The van der Waals surface area contributed by atoms with Crippen LogP contribution < -0.4 is 5.32 Å². The van der Waals surface area contributed by atoms with Gasteiger partial charge < -0.3 is 5.32 Å². The molecule has 0 bridgehead atoms. The number of carbonyl (C=O) groups excluding carboxylic acids is 2. The van der Waals surface area contributed by atoms with Crippen LogP contribution in [0.5, 0.6) is 0 Å². The monoisotopic (exact) mass is 291 g/mol. The van der Waals surface area contributed by atoms with E-state index in [1.54, 1.807) is 0 Å². The Bertz CT molecular complexity index is 563. The molecule has 1 N–H and O–H groups in total. The number of ketones is 1. The van der Waals surface area contributed by atoms with Gasteiger partial charge >= 0.3 is 0 Å². The highest BCUT2D eigenvalue weighted by Gasteiger charge is 2.29. The third-order valence-corrected chi connectivity index (χ3v) is 3.65. The van der Waals surface area contributed by atoms with E-state index in [2.05, 4.69) is 5.32 Å². The quantitative estimate of drug-likeness (QED) is 0.644. The van der Waals surface area contributed by atoms with Gasteiger partial charge in [0.25, 0.3) is 0 Å². The van der Waals surface area contributed by atoms with Gasteiger partial charge in [-0.1, -0.05) is 30.7 Å². The largest absolute Gasteiger partial charge is 0.323 e. The topological polar surface area (TPSA) is 46.2 Å². The molecule has 1 aromatic rings. The normalized spacial score (nSPS) is 13.6. The predicted octanol–water partition coefficient (Wildman–Crippen LogP) is 3.53. The van der Waals surface area contributed by atoms with Gasteiger partial charge in [0.2, 0.25) is 11.7 Å². The number of benzene rings is 1. The van der Waals surface area contributed by atoms with Gasteiger partial charge in [-0.25, -0.2) is 0 Å². The summed E-state index contributed by atoms with van der Waals surface area (Å²) in [6.07, 6.45) is 3.75. The summed E-state index contributed by atoms with van der Waals surface area (Å²) in [5, 5.41) is 2.69. The number of amides is 1. The van der Waals surface area contributed by atoms with Crippen molar-refractivity contribution in [1.29, 1.82) is 0 Å². The summed E-state index contributed by atoms with van der Waals surface area (Å²) < 4.78 is 0. The zero-order chi connectivity index (χ0) is 14.5. The van der Waals surface area contributed by atoms with E-state index in [1.165, 1.54) is 6.92 Å². The number of rotatable bonds is 6. The van der Waals surface area contributed by atoms with E-state index in [0.717, 1.165) is 36.8 Å². The summed E-state index contributed by atoms with van der Waals surface area (Å²) in [4.78, 5) is 23.6. The average Bonchev–Trinajstić information content (AvgIpc) is 2.69. The number of Topliss-reactive ketones (excluding diaryl/α,β-unsaturated/α-hetero) is 1. The van der Waals surface area contributed by atoms with E-state index < -0.39 is 0 Å². The summed E-state index contributed by atoms with van der Waals surface area (Å²) in [5.74, 6) is 0.371. The molecule has 1 aliphatic carbocycles. The maximum absolute atomic E-state index is 12.3. The highest BCUT2D eigenvalue weighted by Crippen LogP contribution is 2.34. The van der Waals surface area contributed by atoms with E-state index in [9.17, 15) is 9.59 Å². The van der Waals surface area contributed by atoms with Gasteiger partial charge in [0.15, 0.2) is 0 Å². The molecule has 0 aromatic heterocycles. The molecule has 1 aliphatic rings. The molecule has 2 rings (SSSR count). The smallest absolute Gasteiger partial charge is 0.221 e. The van der Waals surface area contributed by atoms with Crippen LogP contribution in [0.2, 0.25) is 0 Å². The molecule has 0 spiro atoms. The number of halogens is 1. The molecule has 0 radical (unpaired) electrons. The first-order valence-corrected chi connectivity index (χ1v) is 7.39. The van der Waals surface area contributed by atoms with Crippen LogP contribution in [0.3, 0.4) is 0 Å². The van der Waals surface area contributed by atoms with Crippen LogP contribution in [0.15, 0.2) is 30.0 Å². The Hall–Kier alpha value is -1.61. The van der Waals surface area contributed by atoms with Crippen molar-refractivity contribution in [2.45, 2.75) is 32.6 Å². The zero-order valence-electron chi connectivity index (χ0n) is 11.5. The molecule has 0 aliphatic heterocycles. The maximum atomic E-state index is 12.3. The first-order valence-electron chi connectivity index (χ1n) is 6.86. The maximum Gasteiger partial charge on any atom is 0.221 e. The fourth-order valence-electron chi connectivity index (χ4n) is 2.49. The van der Waals surface area contributed by atoms with Crippen molar-refractivity contribution in [2.75, 3.05) is 5.88 Å². The van der Waals surface area contributed by atoms with Gasteiger partial charge in [-0.15, -0.1) is 11.6 Å². The lowest BCUT2D eigenvalue weighted by Gasteiger charge is -2.07. The third-order valence-electron chi connectivity index (χ3n) is 3.39. The van der Waals surface area contributed by atoms with Crippen LogP contribution in [0.1, 0.15) is 48.5 Å². The van der Waals surface area contributed by atoms with Gasteiger partial charge in [-0.05, 0) is 30.4 Å². The van der Waals surface area contributed by atoms with E-state index >= 15 is 0 Å². The fraction of sp³-hybridized carbons (Fsp3) is 0.375. The Morgan fingerprint density at radius 3 is 2.50 bits per heavy atom. The highest BCUT2D eigenvalue weighted by molar-refractivity contribution is 6.21. The van der Waals surface area contributed by atoms with Crippen molar-refractivity contribution < 1.29 is 9.59 Å². The number of nitrogens with one attached hydrogen (secondary N) is 1. The molecular weight excluding hydrogens is 274 g/mol. The molecular formula is C16H18ClNO2. The van der Waals surface area contributed by atoms with Gasteiger partial charge in [-0.3, -0.25) is 9.59 Å². The molecule has 106 valence electrons. The SMILES string of the molecule is CC(=O)NC1=C(CCCCCCl)c2ccccc2C1=O. The predicted molar refractivity (Wildman–Crippen MR) is 80.7 cm³/mol. The fourth-order valence-corrected chi connectivity index (χ4v) is 2.68. The second kappa shape index (κ2) is 6.71. The van der Waals surface area contributed by atoms with Crippen LogP contribution >= 0.6 is 11.6 Å². The second-order valence-electron chi connectivity index (χ2n) is 4.91. The number of alkyl halides is 1. The Balaban J connectivity index is 2.25. The lowest BCUT2D eigenvalue weighted by atomic mass is 10.0.